The van der Waals surface area contributed by atoms with Crippen molar-refractivity contribution < 1.29 is 28.3 Å². The summed E-state index contributed by atoms with van der Waals surface area (Å²) in [6.07, 6.45) is 1.65. The highest BCUT2D eigenvalue weighted by atomic mass is 16.5. The summed E-state index contributed by atoms with van der Waals surface area (Å²) in [6.45, 7) is 4.03. The van der Waals surface area contributed by atoms with Crippen LogP contribution in [-0.2, 0) is 20.9 Å². The fourth-order valence-corrected chi connectivity index (χ4v) is 3.83. The molecule has 1 amide bonds. The summed E-state index contributed by atoms with van der Waals surface area (Å²) in [5.41, 5.74) is 4.09. The number of fused-ring (bicyclic) bond motifs is 1. The number of hydrogen-bond donors (Lipinski definition) is 0. The second-order valence-corrected chi connectivity index (χ2v) is 7.78. The third kappa shape index (κ3) is 3.79. The van der Waals surface area contributed by atoms with Gasteiger partial charge in [0.25, 0.3) is 5.91 Å². The third-order valence-corrected chi connectivity index (χ3v) is 5.57. The normalized spacial score (nSPS) is 16.0. The zero-order valence-electron chi connectivity index (χ0n) is 18.5. The third-order valence-electron chi connectivity index (χ3n) is 5.57. The predicted octanol–water partition coefficient (Wildman–Crippen LogP) is 4.60. The molecule has 1 aromatic heterocycles. The maximum absolute atomic E-state index is 13.0. The lowest BCUT2D eigenvalue weighted by Crippen LogP contribution is -2.21. The molecule has 0 spiro atoms. The number of ether oxygens (including phenoxy) is 2. The Morgan fingerprint density at radius 1 is 1.12 bits per heavy atom. The number of anilines is 1. The molecule has 0 fully saturated rings. The molecule has 2 aliphatic rings. The average molecular weight is 456 g/mol. The van der Waals surface area contributed by atoms with Gasteiger partial charge in [0.15, 0.2) is 0 Å². The fraction of sp³-hybridized carbons (Fsp3) is 0.154. The zero-order valence-corrected chi connectivity index (χ0v) is 18.5. The maximum Gasteiger partial charge on any atom is 0.338 e. The van der Waals surface area contributed by atoms with Gasteiger partial charge in [-0.25, -0.2) is 9.59 Å². The largest absolute Gasteiger partial charge is 0.462 e. The summed E-state index contributed by atoms with van der Waals surface area (Å²) in [5, 5.41) is 5.66. The average Bonchev–Trinajstić information content (AvgIpc) is 3.54. The van der Waals surface area contributed by atoms with Gasteiger partial charge >= 0.3 is 11.9 Å². The second-order valence-electron chi connectivity index (χ2n) is 7.78. The Hall–Kier alpha value is -4.46. The van der Waals surface area contributed by atoms with Crippen molar-refractivity contribution in [2.24, 2.45) is 5.10 Å². The number of nitrogens with zero attached hydrogens (tertiary/aromatic N) is 2. The van der Waals surface area contributed by atoms with Gasteiger partial charge in [0.1, 0.15) is 18.1 Å². The van der Waals surface area contributed by atoms with Crippen molar-refractivity contribution in [2.45, 2.75) is 20.5 Å². The fourth-order valence-electron chi connectivity index (χ4n) is 3.83. The first-order valence-electron chi connectivity index (χ1n) is 10.7. The van der Waals surface area contributed by atoms with Crippen LogP contribution >= 0.6 is 0 Å². The molecular formula is C26H20N2O6. The van der Waals surface area contributed by atoms with Crippen LogP contribution < -0.4 is 5.01 Å². The van der Waals surface area contributed by atoms with Crippen molar-refractivity contribution in [3.63, 3.8) is 0 Å². The summed E-state index contributed by atoms with van der Waals surface area (Å²) in [6, 6.07) is 15.5. The zero-order chi connectivity index (χ0) is 23.8. The van der Waals surface area contributed by atoms with Gasteiger partial charge in [-0.05, 0) is 68.5 Å². The first kappa shape index (κ1) is 21.4. The Balaban J connectivity index is 1.36. The second kappa shape index (κ2) is 8.47. The summed E-state index contributed by atoms with van der Waals surface area (Å²) < 4.78 is 16.0. The van der Waals surface area contributed by atoms with Crippen LogP contribution in [0.3, 0.4) is 0 Å². The van der Waals surface area contributed by atoms with Gasteiger partial charge in [-0.15, -0.1) is 0 Å². The summed E-state index contributed by atoms with van der Waals surface area (Å²) in [7, 11) is 0. The molecule has 2 aliphatic heterocycles. The van der Waals surface area contributed by atoms with Crippen molar-refractivity contribution in [3.8, 4) is 11.3 Å². The monoisotopic (exact) mass is 456 g/mol. The topological polar surface area (TPSA) is 98.4 Å². The van der Waals surface area contributed by atoms with Crippen LogP contribution in [0.1, 0.15) is 45.9 Å². The van der Waals surface area contributed by atoms with Crippen LogP contribution in [0.25, 0.3) is 17.4 Å². The van der Waals surface area contributed by atoms with Crippen LogP contribution in [0, 0.1) is 0 Å². The Labute approximate surface area is 195 Å². The van der Waals surface area contributed by atoms with Crippen molar-refractivity contribution in [2.75, 3.05) is 11.6 Å². The van der Waals surface area contributed by atoms with Crippen LogP contribution in [0.5, 0.6) is 0 Å². The van der Waals surface area contributed by atoms with E-state index in [4.69, 9.17) is 13.9 Å². The van der Waals surface area contributed by atoms with E-state index in [0.717, 1.165) is 11.1 Å². The minimum absolute atomic E-state index is 0.250. The Morgan fingerprint density at radius 3 is 2.68 bits per heavy atom. The molecule has 8 heteroatoms. The number of benzene rings is 2. The molecule has 0 unspecified atom stereocenters. The molecule has 0 aliphatic carbocycles. The van der Waals surface area contributed by atoms with E-state index in [2.05, 4.69) is 5.10 Å². The number of hydrazone groups is 1. The predicted molar refractivity (Wildman–Crippen MR) is 124 cm³/mol. The lowest BCUT2D eigenvalue weighted by atomic mass is 10.0. The molecule has 0 bridgehead atoms. The Kier molecular flexibility index (Phi) is 5.33. The van der Waals surface area contributed by atoms with Gasteiger partial charge in [0, 0.05) is 11.1 Å². The number of carbonyl (C=O) groups is 3. The molecule has 0 saturated heterocycles. The van der Waals surface area contributed by atoms with Crippen molar-refractivity contribution in [1.82, 2.24) is 0 Å². The molecule has 5 rings (SSSR count). The molecule has 0 N–H and O–H groups in total. The van der Waals surface area contributed by atoms with Crippen LogP contribution in [0.2, 0.25) is 0 Å². The van der Waals surface area contributed by atoms with Gasteiger partial charge in [-0.3, -0.25) is 4.79 Å². The van der Waals surface area contributed by atoms with Gasteiger partial charge in [0.05, 0.1) is 34.7 Å². The number of rotatable bonds is 5. The smallest absolute Gasteiger partial charge is 0.338 e. The minimum Gasteiger partial charge on any atom is -0.462 e. The molecule has 170 valence electrons. The summed E-state index contributed by atoms with van der Waals surface area (Å²) in [5.74, 6) is 0.0763. The van der Waals surface area contributed by atoms with E-state index in [9.17, 15) is 14.4 Å². The van der Waals surface area contributed by atoms with E-state index < -0.39 is 5.97 Å². The highest BCUT2D eigenvalue weighted by molar-refractivity contribution is 6.32. The summed E-state index contributed by atoms with van der Waals surface area (Å²) >= 11 is 0. The van der Waals surface area contributed by atoms with Crippen LogP contribution in [0.15, 0.2) is 69.7 Å². The minimum atomic E-state index is -0.418. The van der Waals surface area contributed by atoms with E-state index in [0.29, 0.717) is 39.6 Å². The van der Waals surface area contributed by atoms with Gasteiger partial charge in [-0.1, -0.05) is 6.07 Å². The van der Waals surface area contributed by atoms with Crippen molar-refractivity contribution >= 4 is 35.3 Å². The van der Waals surface area contributed by atoms with E-state index in [1.165, 1.54) is 5.01 Å². The van der Waals surface area contributed by atoms with E-state index in [-0.39, 0.29) is 25.1 Å². The number of hydrogen-bond acceptors (Lipinski definition) is 7. The first-order chi connectivity index (χ1) is 16.4. The molecule has 0 saturated carbocycles. The lowest BCUT2D eigenvalue weighted by Gasteiger charge is -2.12. The van der Waals surface area contributed by atoms with Gasteiger partial charge < -0.3 is 13.9 Å². The number of cyclic esters (lactones) is 1. The molecule has 2 aromatic carbocycles. The number of carbonyl (C=O) groups excluding carboxylic acids is 3. The molecule has 8 nitrogen and oxygen atoms in total. The number of furan rings is 1. The highest BCUT2D eigenvalue weighted by Crippen LogP contribution is 2.30. The number of amides is 1. The number of esters is 2. The van der Waals surface area contributed by atoms with Gasteiger partial charge in [0.2, 0.25) is 0 Å². The summed E-state index contributed by atoms with van der Waals surface area (Å²) in [4.78, 5) is 36.5. The van der Waals surface area contributed by atoms with Crippen molar-refractivity contribution in [1.29, 1.82) is 0 Å². The molecule has 34 heavy (non-hydrogen) atoms. The molecule has 3 heterocycles. The maximum atomic E-state index is 13.0. The SMILES string of the molecule is CCOC(=O)c1ccc(N2N=C(C)/C(=C/c3ccc(-c4ccc5c(c4)COC5=O)o3)C2=O)cc1. The van der Waals surface area contributed by atoms with E-state index >= 15 is 0 Å². The van der Waals surface area contributed by atoms with Crippen LogP contribution in [0.4, 0.5) is 5.69 Å². The standard InChI is InChI=1S/C26H20N2O6/c1-3-32-25(30)16-4-7-19(8-5-16)28-24(29)22(15(2)27-28)13-20-9-11-23(34-20)17-6-10-21-18(12-17)14-33-26(21)31/h4-13H,3,14H2,1-2H3/b22-13-. The molecular weight excluding hydrogens is 436 g/mol. The Bertz CT molecular complexity index is 1380. The molecule has 0 radical (unpaired) electrons. The molecule has 3 aromatic rings. The quantitative estimate of drug-likeness (QED) is 0.411. The van der Waals surface area contributed by atoms with E-state index in [1.807, 2.05) is 12.1 Å². The first-order valence-corrected chi connectivity index (χ1v) is 10.7. The van der Waals surface area contributed by atoms with E-state index in [1.54, 1.807) is 62.4 Å². The van der Waals surface area contributed by atoms with Crippen LogP contribution in [-0.4, -0.2) is 30.2 Å². The van der Waals surface area contributed by atoms with Gasteiger partial charge in [-0.2, -0.15) is 10.1 Å². The molecule has 0 atom stereocenters. The Morgan fingerprint density at radius 2 is 1.91 bits per heavy atom. The van der Waals surface area contributed by atoms with Crippen molar-refractivity contribution in [3.05, 3.63) is 82.6 Å². The lowest BCUT2D eigenvalue weighted by molar-refractivity contribution is -0.114. The highest BCUT2D eigenvalue weighted by Gasteiger charge is 2.29.